The summed E-state index contributed by atoms with van der Waals surface area (Å²) in [6.45, 7) is 0.0813. The Hall–Kier alpha value is -2.22. The fourth-order valence-electron chi connectivity index (χ4n) is 4.43. The van der Waals surface area contributed by atoms with E-state index in [1.54, 1.807) is 0 Å². The van der Waals surface area contributed by atoms with Gasteiger partial charge < -0.3 is 69.3 Å². The molecule has 12 unspecified atom stereocenters. The Morgan fingerprint density at radius 2 is 1.41 bits per heavy atom. The highest BCUT2D eigenvalue weighted by atomic mass is 16.8. The Morgan fingerprint density at radius 3 is 1.92 bits per heavy atom. The van der Waals surface area contributed by atoms with E-state index in [0.717, 1.165) is 13.4 Å². The molecule has 0 aliphatic carbocycles. The lowest BCUT2D eigenvalue weighted by Crippen LogP contribution is -2.60. The van der Waals surface area contributed by atoms with Crippen LogP contribution < -0.4 is 0 Å². The summed E-state index contributed by atoms with van der Waals surface area (Å²) in [6, 6.07) is 0. The first-order chi connectivity index (χ1) is 18.5. The summed E-state index contributed by atoms with van der Waals surface area (Å²) in [7, 11) is 1.10. The molecule has 3 aliphatic rings. The molecule has 2 fully saturated rings. The summed E-state index contributed by atoms with van der Waals surface area (Å²) in [6.07, 6.45) is -15.9. The molecule has 0 spiro atoms. The van der Waals surface area contributed by atoms with Crippen LogP contribution in [0.3, 0.4) is 0 Å². The molecular formula is C23H34O16. The van der Waals surface area contributed by atoms with Crippen LogP contribution in [0, 0.1) is 5.92 Å². The number of aliphatic hydroxyl groups is 8. The van der Waals surface area contributed by atoms with E-state index < -0.39 is 105 Å². The number of hydrogen-bond acceptors (Lipinski definition) is 16. The molecule has 0 aromatic rings. The summed E-state index contributed by atoms with van der Waals surface area (Å²) in [5.41, 5.74) is 0.0191. The molecule has 39 heavy (non-hydrogen) atoms. The molecule has 0 amide bonds. The van der Waals surface area contributed by atoms with Gasteiger partial charge in [-0.1, -0.05) is 6.08 Å². The van der Waals surface area contributed by atoms with E-state index in [4.69, 9.17) is 28.4 Å². The van der Waals surface area contributed by atoms with Crippen molar-refractivity contribution in [2.75, 3.05) is 20.3 Å². The van der Waals surface area contributed by atoms with Gasteiger partial charge in [-0.25, -0.2) is 4.79 Å². The highest BCUT2D eigenvalue weighted by Crippen LogP contribution is 2.36. The average molecular weight is 567 g/mol. The number of rotatable bonds is 8. The molecular weight excluding hydrogens is 532 g/mol. The molecule has 0 aromatic carbocycles. The number of hydrogen-bond donors (Lipinski definition) is 8. The Labute approximate surface area is 222 Å². The van der Waals surface area contributed by atoms with E-state index in [0.29, 0.717) is 0 Å². The number of aliphatic hydroxyl groups excluding tert-OH is 8. The van der Waals surface area contributed by atoms with Crippen LogP contribution in [-0.2, 0) is 38.0 Å². The van der Waals surface area contributed by atoms with Crippen LogP contribution in [0.25, 0.3) is 0 Å². The standard InChI is InChI=1S/C23H34O16/c1-3-8-9(4-13(26)38-22-18(31)16(29)14(27)11(5-24)36-22)10(20(33)34-2)7-35-21(8)39-23-19(32)17(30)15(28)12(6-25)37-23/h3,7,9,11-12,14-19,21-25,27-32H,4-6H2,1-2H3. The fraction of sp³-hybridized carbons (Fsp3) is 0.739. The van der Waals surface area contributed by atoms with Crippen LogP contribution in [0.1, 0.15) is 13.3 Å². The monoisotopic (exact) mass is 566 g/mol. The summed E-state index contributed by atoms with van der Waals surface area (Å²) in [5.74, 6) is -3.01. The molecule has 3 heterocycles. The number of carbonyl (C=O) groups is 2. The van der Waals surface area contributed by atoms with Crippen LogP contribution in [-0.4, -0.2) is 141 Å². The summed E-state index contributed by atoms with van der Waals surface area (Å²) >= 11 is 0. The molecule has 0 radical (unpaired) electrons. The summed E-state index contributed by atoms with van der Waals surface area (Å²) < 4.78 is 31.5. The first-order valence-corrected chi connectivity index (χ1v) is 12.0. The zero-order valence-corrected chi connectivity index (χ0v) is 21.0. The molecule has 8 N–H and O–H groups in total. The van der Waals surface area contributed by atoms with Crippen molar-refractivity contribution in [3.63, 3.8) is 0 Å². The van der Waals surface area contributed by atoms with Crippen molar-refractivity contribution in [2.24, 2.45) is 5.92 Å². The predicted octanol–water partition coefficient (Wildman–Crippen LogP) is -4.49. The quantitative estimate of drug-likeness (QED) is 0.102. The van der Waals surface area contributed by atoms with E-state index in [1.165, 1.54) is 13.0 Å². The molecule has 0 bridgehead atoms. The van der Waals surface area contributed by atoms with Gasteiger partial charge in [-0.05, 0) is 6.92 Å². The number of carbonyl (C=O) groups excluding carboxylic acids is 2. The van der Waals surface area contributed by atoms with Gasteiger partial charge in [-0.15, -0.1) is 0 Å². The van der Waals surface area contributed by atoms with Crippen LogP contribution in [0.2, 0.25) is 0 Å². The van der Waals surface area contributed by atoms with Gasteiger partial charge in [0.05, 0.1) is 38.6 Å². The Bertz CT molecular complexity index is 918. The van der Waals surface area contributed by atoms with Gasteiger partial charge in [-0.3, -0.25) is 4.79 Å². The molecule has 0 aromatic heterocycles. The summed E-state index contributed by atoms with van der Waals surface area (Å²) in [5, 5.41) is 79.1. The van der Waals surface area contributed by atoms with E-state index in [-0.39, 0.29) is 11.1 Å². The molecule has 2 saturated heterocycles. The third-order valence-corrected chi connectivity index (χ3v) is 6.70. The lowest BCUT2D eigenvalue weighted by molar-refractivity contribution is -0.327. The normalized spacial score (nSPS) is 41.9. The second-order valence-corrected chi connectivity index (χ2v) is 9.10. The van der Waals surface area contributed by atoms with E-state index >= 15 is 0 Å². The lowest BCUT2D eigenvalue weighted by Gasteiger charge is -2.42. The third kappa shape index (κ3) is 6.58. The number of ether oxygens (including phenoxy) is 6. The molecule has 16 heteroatoms. The highest BCUT2D eigenvalue weighted by Gasteiger charge is 2.48. The minimum Gasteiger partial charge on any atom is -0.468 e. The predicted molar refractivity (Wildman–Crippen MR) is 122 cm³/mol. The lowest BCUT2D eigenvalue weighted by atomic mass is 9.86. The number of allylic oxidation sites excluding steroid dienone is 1. The average Bonchev–Trinajstić information content (AvgIpc) is 2.93. The van der Waals surface area contributed by atoms with Crippen molar-refractivity contribution in [1.29, 1.82) is 0 Å². The van der Waals surface area contributed by atoms with Crippen molar-refractivity contribution in [2.45, 2.75) is 81.0 Å². The van der Waals surface area contributed by atoms with Crippen LogP contribution in [0.5, 0.6) is 0 Å². The van der Waals surface area contributed by atoms with Gasteiger partial charge in [-0.2, -0.15) is 0 Å². The molecule has 3 rings (SSSR count). The van der Waals surface area contributed by atoms with Crippen molar-refractivity contribution in [1.82, 2.24) is 0 Å². The second-order valence-electron chi connectivity index (χ2n) is 9.10. The smallest absolute Gasteiger partial charge is 0.337 e. The molecule has 16 nitrogen and oxygen atoms in total. The van der Waals surface area contributed by atoms with Gasteiger partial charge in [0.1, 0.15) is 48.8 Å². The maximum Gasteiger partial charge on any atom is 0.337 e. The number of esters is 2. The SMILES string of the molecule is CC=C1C(OC2OC(CO)C(O)C(O)C2O)OC=C(C(=O)OC)C1CC(=O)OC1OC(CO)C(O)C(O)C1O. The fourth-order valence-corrected chi connectivity index (χ4v) is 4.43. The third-order valence-electron chi connectivity index (χ3n) is 6.70. The van der Waals surface area contributed by atoms with Gasteiger partial charge in [0.25, 0.3) is 0 Å². The van der Waals surface area contributed by atoms with Crippen LogP contribution >= 0.6 is 0 Å². The Kier molecular flexibility index (Phi) is 10.8. The zero-order chi connectivity index (χ0) is 29.0. The maximum absolute atomic E-state index is 12.9. The number of methoxy groups -OCH3 is 1. The molecule has 0 saturated carbocycles. The van der Waals surface area contributed by atoms with Crippen LogP contribution in [0.4, 0.5) is 0 Å². The molecule has 12 atom stereocenters. The first-order valence-electron chi connectivity index (χ1n) is 12.0. The van der Waals surface area contributed by atoms with Gasteiger partial charge >= 0.3 is 11.9 Å². The van der Waals surface area contributed by atoms with Crippen LogP contribution in [0.15, 0.2) is 23.5 Å². The minimum absolute atomic E-state index is 0.134. The molecule has 3 aliphatic heterocycles. The van der Waals surface area contributed by atoms with Crippen molar-refractivity contribution in [3.05, 3.63) is 23.5 Å². The van der Waals surface area contributed by atoms with Gasteiger partial charge in [0.15, 0.2) is 6.29 Å². The second kappa shape index (κ2) is 13.4. The van der Waals surface area contributed by atoms with Gasteiger partial charge in [0, 0.05) is 11.5 Å². The van der Waals surface area contributed by atoms with Crippen molar-refractivity contribution < 1.29 is 78.9 Å². The van der Waals surface area contributed by atoms with E-state index in [1.807, 2.05) is 0 Å². The van der Waals surface area contributed by atoms with Gasteiger partial charge in [0.2, 0.25) is 12.6 Å². The molecule has 222 valence electrons. The maximum atomic E-state index is 12.9. The summed E-state index contributed by atoms with van der Waals surface area (Å²) in [4.78, 5) is 25.3. The van der Waals surface area contributed by atoms with E-state index in [9.17, 15) is 50.4 Å². The first kappa shape index (κ1) is 31.3. The topological polar surface area (TPSA) is 251 Å². The Balaban J connectivity index is 1.79. The van der Waals surface area contributed by atoms with Crippen molar-refractivity contribution >= 4 is 11.9 Å². The zero-order valence-electron chi connectivity index (χ0n) is 21.0. The van der Waals surface area contributed by atoms with Crippen molar-refractivity contribution in [3.8, 4) is 0 Å². The van der Waals surface area contributed by atoms with E-state index in [2.05, 4.69) is 0 Å². The largest absolute Gasteiger partial charge is 0.468 e. The Morgan fingerprint density at radius 1 is 0.872 bits per heavy atom. The minimum atomic E-state index is -1.85. The highest BCUT2D eigenvalue weighted by molar-refractivity contribution is 5.90.